The molecule has 0 aliphatic carbocycles. The summed E-state index contributed by atoms with van der Waals surface area (Å²) in [6.07, 6.45) is 12.7. The first kappa shape index (κ1) is 14.5. The summed E-state index contributed by atoms with van der Waals surface area (Å²) in [6, 6.07) is 2.47. The van der Waals surface area contributed by atoms with Gasteiger partial charge in [-0.3, -0.25) is 0 Å². The maximum absolute atomic E-state index is 9.19. The zero-order valence-corrected chi connectivity index (χ0v) is 11.3. The molecule has 0 aromatic rings. The van der Waals surface area contributed by atoms with Crippen LogP contribution in [0.15, 0.2) is 0 Å². The van der Waals surface area contributed by atoms with Gasteiger partial charge in [-0.1, -0.05) is 58.3 Å². The van der Waals surface area contributed by atoms with Crippen molar-refractivity contribution in [3.05, 3.63) is 0 Å². The second kappa shape index (κ2) is 8.53. The van der Waals surface area contributed by atoms with Crippen molar-refractivity contribution in [2.45, 2.75) is 71.1 Å². The van der Waals surface area contributed by atoms with E-state index in [0.29, 0.717) is 6.61 Å². The molecule has 0 amide bonds. The first-order chi connectivity index (χ1) is 8.33. The summed E-state index contributed by atoms with van der Waals surface area (Å²) in [5, 5.41) is 9.19. The van der Waals surface area contributed by atoms with Crippen LogP contribution in [0.5, 0.6) is 0 Å². The Labute approximate surface area is 106 Å². The van der Waals surface area contributed by atoms with Crippen LogP contribution in [0, 0.1) is 16.7 Å². The second-order valence-corrected chi connectivity index (χ2v) is 5.42. The van der Waals surface area contributed by atoms with Crippen molar-refractivity contribution in [1.82, 2.24) is 0 Å². The van der Waals surface area contributed by atoms with Gasteiger partial charge >= 0.3 is 0 Å². The van der Waals surface area contributed by atoms with E-state index in [1.54, 1.807) is 0 Å². The maximum atomic E-state index is 9.19. The van der Waals surface area contributed by atoms with Crippen LogP contribution in [0.1, 0.15) is 71.1 Å². The molecule has 2 heteroatoms. The Balaban J connectivity index is 1.95. The number of nitriles is 1. The van der Waals surface area contributed by atoms with Gasteiger partial charge in [0.05, 0.1) is 18.1 Å². The smallest absolute Gasteiger partial charge is 0.0828 e. The molecule has 1 saturated heterocycles. The third-order valence-corrected chi connectivity index (χ3v) is 3.85. The Kier molecular flexibility index (Phi) is 7.28. The molecule has 0 N–H and O–H groups in total. The van der Waals surface area contributed by atoms with E-state index in [1.807, 2.05) is 0 Å². The van der Waals surface area contributed by atoms with Crippen molar-refractivity contribution >= 4 is 0 Å². The normalized spacial score (nSPS) is 23.8. The first-order valence-electron chi connectivity index (χ1n) is 7.32. The van der Waals surface area contributed by atoms with Crippen LogP contribution in [0.3, 0.4) is 0 Å². The lowest BCUT2D eigenvalue weighted by Crippen LogP contribution is -2.18. The Hall–Kier alpha value is -0.550. The van der Waals surface area contributed by atoms with E-state index in [-0.39, 0.29) is 5.41 Å². The molecule has 1 aliphatic heterocycles. The van der Waals surface area contributed by atoms with Crippen LogP contribution >= 0.6 is 0 Å². The van der Waals surface area contributed by atoms with E-state index >= 15 is 0 Å². The van der Waals surface area contributed by atoms with Gasteiger partial charge in [-0.15, -0.1) is 0 Å². The van der Waals surface area contributed by atoms with Gasteiger partial charge in [0.1, 0.15) is 0 Å². The average molecular weight is 237 g/mol. The number of nitrogens with zero attached hydrogens (tertiary/aromatic N) is 1. The minimum atomic E-state index is -0.137. The van der Waals surface area contributed by atoms with Crippen molar-refractivity contribution in [3.63, 3.8) is 0 Å². The Morgan fingerprint density at radius 3 is 2.24 bits per heavy atom. The monoisotopic (exact) mass is 237 g/mol. The van der Waals surface area contributed by atoms with Gasteiger partial charge in [-0.05, 0) is 12.8 Å². The molecule has 0 radical (unpaired) electrons. The van der Waals surface area contributed by atoms with Crippen molar-refractivity contribution in [2.24, 2.45) is 5.41 Å². The van der Waals surface area contributed by atoms with Crippen LogP contribution in [0.25, 0.3) is 0 Å². The predicted molar refractivity (Wildman–Crippen MR) is 70.7 cm³/mol. The largest absolute Gasteiger partial charge is 0.380 e. The fraction of sp³-hybridized carbons (Fsp3) is 0.933. The molecule has 0 aromatic carbocycles. The molecule has 0 bridgehead atoms. The number of rotatable bonds is 9. The first-order valence-corrected chi connectivity index (χ1v) is 7.32. The molecule has 0 spiro atoms. The summed E-state index contributed by atoms with van der Waals surface area (Å²) in [4.78, 5) is 0. The molecular weight excluding hydrogens is 210 g/mol. The van der Waals surface area contributed by atoms with Crippen LogP contribution < -0.4 is 0 Å². The molecule has 0 saturated carbocycles. The van der Waals surface area contributed by atoms with Crippen LogP contribution in [0.2, 0.25) is 0 Å². The molecule has 2 nitrogen and oxygen atoms in total. The number of ether oxygens (including phenoxy) is 1. The van der Waals surface area contributed by atoms with E-state index in [9.17, 15) is 5.26 Å². The standard InChI is InChI=1S/C15H27NO/c1-2-3-4-5-6-7-8-9-10-15(13-16)11-12-17-14-15/h2-12,14H2,1H3. The Morgan fingerprint density at radius 1 is 1.06 bits per heavy atom. The molecule has 0 aromatic heterocycles. The molecule has 1 atom stereocenters. The third kappa shape index (κ3) is 5.55. The van der Waals surface area contributed by atoms with E-state index in [0.717, 1.165) is 19.4 Å². The van der Waals surface area contributed by atoms with E-state index in [2.05, 4.69) is 13.0 Å². The van der Waals surface area contributed by atoms with E-state index < -0.39 is 0 Å². The third-order valence-electron chi connectivity index (χ3n) is 3.85. The number of hydrogen-bond acceptors (Lipinski definition) is 2. The highest BCUT2D eigenvalue weighted by molar-refractivity contribution is 5.01. The quantitative estimate of drug-likeness (QED) is 0.555. The summed E-state index contributed by atoms with van der Waals surface area (Å²) >= 11 is 0. The van der Waals surface area contributed by atoms with Gasteiger partial charge in [0, 0.05) is 6.61 Å². The molecule has 1 unspecified atom stereocenters. The highest BCUT2D eigenvalue weighted by Gasteiger charge is 2.34. The van der Waals surface area contributed by atoms with Crippen LogP contribution in [0.4, 0.5) is 0 Å². The number of hydrogen-bond donors (Lipinski definition) is 0. The molecule has 17 heavy (non-hydrogen) atoms. The van der Waals surface area contributed by atoms with E-state index in [4.69, 9.17) is 4.74 Å². The summed E-state index contributed by atoms with van der Waals surface area (Å²) in [6.45, 7) is 3.70. The van der Waals surface area contributed by atoms with Crippen molar-refractivity contribution in [1.29, 1.82) is 5.26 Å². The van der Waals surface area contributed by atoms with Gasteiger partial charge < -0.3 is 4.74 Å². The lowest BCUT2D eigenvalue weighted by Gasteiger charge is -2.17. The van der Waals surface area contributed by atoms with E-state index in [1.165, 1.54) is 51.4 Å². The molecule has 1 rings (SSSR count). The highest BCUT2D eigenvalue weighted by atomic mass is 16.5. The van der Waals surface area contributed by atoms with Gasteiger partial charge in [-0.2, -0.15) is 5.26 Å². The highest BCUT2D eigenvalue weighted by Crippen LogP contribution is 2.33. The fourth-order valence-electron chi connectivity index (χ4n) is 2.55. The Morgan fingerprint density at radius 2 is 1.71 bits per heavy atom. The van der Waals surface area contributed by atoms with Crippen molar-refractivity contribution < 1.29 is 4.74 Å². The van der Waals surface area contributed by atoms with Crippen molar-refractivity contribution in [3.8, 4) is 6.07 Å². The fourth-order valence-corrected chi connectivity index (χ4v) is 2.55. The van der Waals surface area contributed by atoms with Gasteiger partial charge in [-0.25, -0.2) is 0 Å². The van der Waals surface area contributed by atoms with Gasteiger partial charge in [0.2, 0.25) is 0 Å². The molecule has 1 aliphatic rings. The molecule has 98 valence electrons. The summed E-state index contributed by atoms with van der Waals surface area (Å²) in [5.41, 5.74) is -0.137. The molecular formula is C15H27NO. The zero-order valence-electron chi connectivity index (χ0n) is 11.3. The summed E-state index contributed by atoms with van der Waals surface area (Å²) in [5.74, 6) is 0. The molecule has 1 heterocycles. The summed E-state index contributed by atoms with van der Waals surface area (Å²) < 4.78 is 5.35. The average Bonchev–Trinajstić information content (AvgIpc) is 2.82. The molecule has 1 fully saturated rings. The SMILES string of the molecule is CCCCCCCCCCC1(C#N)CCOC1. The Bertz CT molecular complexity index is 226. The maximum Gasteiger partial charge on any atom is 0.0828 e. The zero-order chi connectivity index (χ0) is 12.4. The predicted octanol–water partition coefficient (Wildman–Crippen LogP) is 4.45. The van der Waals surface area contributed by atoms with Crippen LogP contribution in [-0.2, 0) is 4.74 Å². The number of unbranched alkanes of at least 4 members (excludes halogenated alkanes) is 7. The van der Waals surface area contributed by atoms with Crippen LogP contribution in [-0.4, -0.2) is 13.2 Å². The van der Waals surface area contributed by atoms with Gasteiger partial charge in [0.25, 0.3) is 0 Å². The second-order valence-electron chi connectivity index (χ2n) is 5.42. The summed E-state index contributed by atoms with van der Waals surface area (Å²) in [7, 11) is 0. The lowest BCUT2D eigenvalue weighted by atomic mass is 9.83. The van der Waals surface area contributed by atoms with Crippen molar-refractivity contribution in [2.75, 3.05) is 13.2 Å². The minimum Gasteiger partial charge on any atom is -0.380 e. The van der Waals surface area contributed by atoms with Gasteiger partial charge in [0.15, 0.2) is 0 Å². The topological polar surface area (TPSA) is 33.0 Å². The minimum absolute atomic E-state index is 0.137. The lowest BCUT2D eigenvalue weighted by molar-refractivity contribution is 0.167.